The van der Waals surface area contributed by atoms with Crippen molar-refractivity contribution in [1.29, 1.82) is 1.12 Å². The molecule has 0 saturated heterocycles. The van der Waals surface area contributed by atoms with Gasteiger partial charge in [-0.25, -0.2) is 0 Å². The predicted molar refractivity (Wildman–Crippen MR) is 74.0 cm³/mol. The van der Waals surface area contributed by atoms with Gasteiger partial charge in [-0.05, 0) is 32.7 Å². The second-order valence-electron chi connectivity index (χ2n) is 3.82. The molecule has 0 aromatic heterocycles. The summed E-state index contributed by atoms with van der Waals surface area (Å²) < 4.78 is 16.5. The molecule has 0 atom stereocenters. The van der Waals surface area contributed by atoms with E-state index in [1.807, 2.05) is 0 Å². The lowest BCUT2D eigenvalue weighted by Crippen LogP contribution is -2.43. The van der Waals surface area contributed by atoms with Crippen LogP contribution in [0, 0.1) is 0 Å². The summed E-state index contributed by atoms with van der Waals surface area (Å²) in [6.45, 7) is 10.7. The van der Waals surface area contributed by atoms with Crippen molar-refractivity contribution < 1.29 is 8.54 Å². The molecule has 0 N–H and O–H groups in total. The molecule has 0 saturated carbocycles. The van der Waals surface area contributed by atoms with E-state index < -0.39 is 16.9 Å². The molecule has 0 spiro atoms. The molecule has 0 rings (SSSR count). The summed E-state index contributed by atoms with van der Waals surface area (Å²) in [6.07, 6.45) is 0. The van der Waals surface area contributed by atoms with Gasteiger partial charge in [-0.1, -0.05) is 0 Å². The van der Waals surface area contributed by atoms with Crippen molar-refractivity contribution in [2.75, 3.05) is 7.11 Å². The van der Waals surface area contributed by atoms with Crippen LogP contribution in [0.2, 0.25) is 32.7 Å². The summed E-state index contributed by atoms with van der Waals surface area (Å²) in [5.41, 5.74) is 0. The molecule has 0 heterocycles. The van der Waals surface area contributed by atoms with Crippen LogP contribution in [0.25, 0.3) is 0 Å². The highest BCUT2D eigenvalue weighted by Crippen LogP contribution is 2.13. The van der Waals surface area contributed by atoms with E-state index in [0.29, 0.717) is 0 Å². The first-order valence-corrected chi connectivity index (χ1v) is 11.2. The fraction of sp³-hybridized carbons (Fsp3) is 1.00. The van der Waals surface area contributed by atoms with Crippen LogP contribution < -0.4 is 0 Å². The highest BCUT2D eigenvalue weighted by atomic mass is 32.8. The van der Waals surface area contributed by atoms with E-state index in [1.165, 1.54) is 0 Å². The molecule has 82 valence electrons. The first-order valence-electron chi connectivity index (χ1n) is 4.13. The van der Waals surface area contributed by atoms with Gasteiger partial charge in [0, 0.05) is 29.5 Å². The van der Waals surface area contributed by atoms with E-state index in [9.17, 15) is 0 Å². The van der Waals surface area contributed by atoms with Crippen molar-refractivity contribution in [2.24, 2.45) is 0 Å². The largest absolute Gasteiger partial charge is 0.436 e. The highest BCUT2D eigenvalue weighted by molar-refractivity contribution is 8.07. The number of hydrogen-bond acceptors (Lipinski definition) is 4. The summed E-state index contributed by atoms with van der Waals surface area (Å²) in [5, 5.41) is 0. The van der Waals surface area contributed by atoms with Crippen molar-refractivity contribution in [3.05, 3.63) is 0 Å². The van der Waals surface area contributed by atoms with Gasteiger partial charge in [-0.15, -0.1) is 0 Å². The third-order valence-corrected chi connectivity index (χ3v) is 6.44. The molecule has 0 radical (unpaired) electrons. The van der Waals surface area contributed by atoms with Crippen LogP contribution in [0.3, 0.4) is 0 Å². The Balaban J connectivity index is -0.000000266. The zero-order valence-electron chi connectivity index (χ0n) is 10.1. The van der Waals surface area contributed by atoms with Gasteiger partial charge in [0.1, 0.15) is 0 Å². The van der Waals surface area contributed by atoms with Gasteiger partial charge in [0.05, 0.1) is 1.12 Å². The summed E-state index contributed by atoms with van der Waals surface area (Å²) in [6, 6.07) is 0. The fourth-order valence-electron chi connectivity index (χ4n) is 0.779. The van der Waals surface area contributed by atoms with E-state index in [-0.39, 0.29) is 0 Å². The van der Waals surface area contributed by atoms with E-state index in [2.05, 4.69) is 68.5 Å². The lowest BCUT2D eigenvalue weighted by Gasteiger charge is -2.29. The molecular formula is C6H20O2S3Si2. The zero-order valence-corrected chi connectivity index (χ0v) is 13.6. The molecule has 7 heteroatoms. The second-order valence-corrected chi connectivity index (χ2v) is 12.1. The third-order valence-electron chi connectivity index (χ3n) is 1.04. The lowest BCUT2D eigenvalue weighted by molar-refractivity contribution is 0.312. The average molecular weight is 278 g/mol. The van der Waals surface area contributed by atoms with Crippen LogP contribution in [-0.4, -0.2) is 25.1 Å². The van der Waals surface area contributed by atoms with E-state index in [4.69, 9.17) is 9.66 Å². The monoisotopic (exact) mass is 277 g/mol. The molecule has 0 bridgehead atoms. The third kappa shape index (κ3) is 15.9. The quantitative estimate of drug-likeness (QED) is 0.737. The Hall–Kier alpha value is 1.14. The van der Waals surface area contributed by atoms with Gasteiger partial charge >= 0.3 is 8.56 Å². The van der Waals surface area contributed by atoms with Gasteiger partial charge in [-0.3, -0.25) is 0 Å². The smallest absolute Gasteiger partial charge is 0.321 e. The second kappa shape index (κ2) is 8.45. The van der Waals surface area contributed by atoms with Crippen molar-refractivity contribution in [2.45, 2.75) is 32.7 Å². The molecule has 0 amide bonds. The average Bonchev–Trinajstić information content (AvgIpc) is 2.08. The van der Waals surface area contributed by atoms with Crippen molar-refractivity contribution >= 4 is 52.7 Å². The highest BCUT2D eigenvalue weighted by Gasteiger charge is 2.29. The molecule has 0 aliphatic rings. The van der Waals surface area contributed by atoms with Crippen LogP contribution >= 0.6 is 13.4 Å². The van der Waals surface area contributed by atoms with Crippen LogP contribution in [0.1, 0.15) is 0 Å². The summed E-state index contributed by atoms with van der Waals surface area (Å²) in [4.78, 5) is 0. The number of hydrogen-bond donors (Lipinski definition) is 0. The summed E-state index contributed by atoms with van der Waals surface area (Å²) >= 11 is 10.1. The Bertz CT molecular complexity index is 133. The summed E-state index contributed by atoms with van der Waals surface area (Å²) in [7, 11) is -1.40. The number of rotatable bonds is 3. The maximum Gasteiger partial charge on any atom is 0.321 e. The Kier molecular flexibility index (Phi) is 10.8. The van der Waals surface area contributed by atoms with Gasteiger partial charge < -0.3 is 8.54 Å². The molecule has 0 aliphatic heterocycles. The standard InChI is InChI=1S/C6H18O2Si2.S2.H2S/c1-7-10(5,6)8-9(2,3)4;1-2;/h1-6H3;;1H2/i/hD. The van der Waals surface area contributed by atoms with E-state index in [1.54, 1.807) is 7.11 Å². The zero-order chi connectivity index (χ0) is 12.4. The Labute approximate surface area is 102 Å². The van der Waals surface area contributed by atoms with E-state index in [0.717, 1.165) is 0 Å². The molecule has 0 aromatic rings. The first-order chi connectivity index (χ1) is 6.27. The van der Waals surface area contributed by atoms with Crippen LogP contribution in [-0.2, 0) is 30.9 Å². The Morgan fingerprint density at radius 3 is 1.46 bits per heavy atom. The fourth-order valence-corrected chi connectivity index (χ4v) is 7.01. The maximum absolute atomic E-state index is 5.83. The van der Waals surface area contributed by atoms with Crippen molar-refractivity contribution in [1.82, 2.24) is 0 Å². The van der Waals surface area contributed by atoms with Gasteiger partial charge in [0.2, 0.25) is 0 Å². The normalized spacial score (nSPS) is 11.5. The minimum absolute atomic E-state index is 1.38. The molecule has 0 aromatic carbocycles. The predicted octanol–water partition coefficient (Wildman–Crippen LogP) is 2.29. The van der Waals surface area contributed by atoms with Crippen molar-refractivity contribution in [3.8, 4) is 0 Å². The molecule has 0 aliphatic carbocycles. The van der Waals surface area contributed by atoms with Crippen LogP contribution in [0.15, 0.2) is 0 Å². The Morgan fingerprint density at radius 1 is 1.08 bits per heavy atom. The minimum atomic E-state index is -1.75. The lowest BCUT2D eigenvalue weighted by atomic mass is 11.8. The maximum atomic E-state index is 5.83. The SMILES string of the molecule is CO[Si](C)(C)O[Si](C)(C)C.S=S.[2H]S. The molecule has 0 fully saturated rings. The van der Waals surface area contributed by atoms with E-state index >= 15 is 0 Å². The van der Waals surface area contributed by atoms with Gasteiger partial charge in [0.25, 0.3) is 0 Å². The van der Waals surface area contributed by atoms with Crippen LogP contribution in [0.5, 0.6) is 0 Å². The van der Waals surface area contributed by atoms with Gasteiger partial charge in [-0.2, -0.15) is 13.4 Å². The van der Waals surface area contributed by atoms with Crippen LogP contribution in [0.4, 0.5) is 0 Å². The minimum Gasteiger partial charge on any atom is -0.436 e. The Morgan fingerprint density at radius 2 is 1.38 bits per heavy atom. The molecule has 0 unspecified atom stereocenters. The molecule has 13 heavy (non-hydrogen) atoms. The first kappa shape index (κ1) is 16.6. The van der Waals surface area contributed by atoms with Gasteiger partial charge in [0.15, 0.2) is 8.32 Å². The topological polar surface area (TPSA) is 18.5 Å². The van der Waals surface area contributed by atoms with Crippen molar-refractivity contribution in [3.63, 3.8) is 0 Å². The molecular weight excluding hydrogens is 256 g/mol. The molecule has 2 nitrogen and oxygen atoms in total. The summed E-state index contributed by atoms with van der Waals surface area (Å²) in [5.74, 6) is 0.